The highest BCUT2D eigenvalue weighted by Crippen LogP contribution is 2.33. The molecule has 0 radical (unpaired) electrons. The van der Waals surface area contributed by atoms with Crippen molar-refractivity contribution in [2.75, 3.05) is 6.61 Å². The molecule has 2 aromatic carbocycles. The number of carbonyl (C=O) groups is 2. The molecule has 0 spiro atoms. The molecule has 0 amide bonds. The summed E-state index contributed by atoms with van der Waals surface area (Å²) >= 11 is 0. The maximum Gasteiger partial charge on any atom is 0.343 e. The van der Waals surface area contributed by atoms with E-state index in [0.29, 0.717) is 29.6 Å². The molecule has 5 nitrogen and oxygen atoms in total. The summed E-state index contributed by atoms with van der Waals surface area (Å²) in [7, 11) is 0. The summed E-state index contributed by atoms with van der Waals surface area (Å²) in [6, 6.07) is 13.7. The van der Waals surface area contributed by atoms with Gasteiger partial charge in [-0.2, -0.15) is 0 Å². The summed E-state index contributed by atoms with van der Waals surface area (Å²) < 4.78 is 16.9. The lowest BCUT2D eigenvalue weighted by molar-refractivity contribution is -0.140. The topological polar surface area (TPSA) is 61.8 Å². The lowest BCUT2D eigenvalue weighted by Gasteiger charge is -2.27. The van der Waals surface area contributed by atoms with Crippen molar-refractivity contribution < 1.29 is 23.8 Å². The molecule has 3 rings (SSSR count). The maximum atomic E-state index is 12.6. The van der Waals surface area contributed by atoms with E-state index in [1.54, 1.807) is 48.5 Å². The molecular formula is C32H44O5. The molecule has 1 aliphatic rings. The van der Waals surface area contributed by atoms with E-state index in [-0.39, 0.29) is 11.9 Å². The van der Waals surface area contributed by atoms with Crippen LogP contribution in [-0.4, -0.2) is 18.5 Å². The molecule has 0 heterocycles. The fourth-order valence-corrected chi connectivity index (χ4v) is 4.82. The minimum Gasteiger partial charge on any atom is -0.494 e. The minimum absolute atomic E-state index is 0.0215. The SMILES string of the molecule is CCCCCC1CCC(C(=O)Oc2ccc(OC(=O)c3ccc(OCCCC(C)CC)cc3)cc2)CC1. The number of esters is 2. The Morgan fingerprint density at radius 3 is 2.05 bits per heavy atom. The highest BCUT2D eigenvalue weighted by atomic mass is 16.5. The first-order chi connectivity index (χ1) is 18.0. The Kier molecular flexibility index (Phi) is 12.0. The van der Waals surface area contributed by atoms with Crippen LogP contribution in [0.25, 0.3) is 0 Å². The molecule has 0 saturated heterocycles. The number of hydrogen-bond donors (Lipinski definition) is 0. The average Bonchev–Trinajstić information content (AvgIpc) is 2.92. The van der Waals surface area contributed by atoms with Crippen LogP contribution in [0.3, 0.4) is 0 Å². The van der Waals surface area contributed by atoms with Crippen molar-refractivity contribution in [3.8, 4) is 17.2 Å². The Morgan fingerprint density at radius 1 is 0.811 bits per heavy atom. The van der Waals surface area contributed by atoms with Crippen LogP contribution in [0.15, 0.2) is 48.5 Å². The predicted molar refractivity (Wildman–Crippen MR) is 147 cm³/mol. The van der Waals surface area contributed by atoms with Gasteiger partial charge in [0.1, 0.15) is 17.2 Å². The summed E-state index contributed by atoms with van der Waals surface area (Å²) in [4.78, 5) is 25.1. The number of hydrogen-bond acceptors (Lipinski definition) is 5. The van der Waals surface area contributed by atoms with Crippen molar-refractivity contribution in [1.82, 2.24) is 0 Å². The second-order valence-electron chi connectivity index (χ2n) is 10.5. The monoisotopic (exact) mass is 508 g/mol. The fourth-order valence-electron chi connectivity index (χ4n) is 4.82. The zero-order chi connectivity index (χ0) is 26.5. The van der Waals surface area contributed by atoms with Crippen LogP contribution in [0.2, 0.25) is 0 Å². The molecule has 0 bridgehead atoms. The van der Waals surface area contributed by atoms with E-state index >= 15 is 0 Å². The van der Waals surface area contributed by atoms with Crippen molar-refractivity contribution in [3.05, 3.63) is 54.1 Å². The standard InChI is InChI=1S/C32H44O5/c1-4-6-7-10-25-11-13-26(14-12-25)31(33)36-29-19-21-30(22-20-29)37-32(34)27-15-17-28(18-16-27)35-23-8-9-24(3)5-2/h15-22,24-26H,4-14,23H2,1-3H3. The third kappa shape index (κ3) is 9.87. The van der Waals surface area contributed by atoms with Gasteiger partial charge in [-0.3, -0.25) is 4.79 Å². The van der Waals surface area contributed by atoms with Crippen LogP contribution < -0.4 is 14.2 Å². The highest BCUT2D eigenvalue weighted by Gasteiger charge is 2.27. The molecule has 0 aliphatic heterocycles. The van der Waals surface area contributed by atoms with Crippen LogP contribution in [0.1, 0.15) is 102 Å². The van der Waals surface area contributed by atoms with Crippen molar-refractivity contribution >= 4 is 11.9 Å². The van der Waals surface area contributed by atoms with Crippen molar-refractivity contribution in [1.29, 1.82) is 0 Å². The Balaban J connectivity index is 1.40. The predicted octanol–water partition coefficient (Wildman–Crippen LogP) is 8.40. The normalized spacial score (nSPS) is 18.1. The molecule has 1 atom stereocenters. The number of carbonyl (C=O) groups excluding carboxylic acids is 2. The fraction of sp³-hybridized carbons (Fsp3) is 0.562. The molecule has 1 aliphatic carbocycles. The highest BCUT2D eigenvalue weighted by molar-refractivity contribution is 5.91. The van der Waals surface area contributed by atoms with E-state index in [1.165, 1.54) is 32.1 Å². The first kappa shape index (κ1) is 28.7. The van der Waals surface area contributed by atoms with Gasteiger partial charge in [0, 0.05) is 0 Å². The van der Waals surface area contributed by atoms with Gasteiger partial charge in [0.15, 0.2) is 0 Å². The quantitative estimate of drug-likeness (QED) is 0.146. The molecule has 0 N–H and O–H groups in total. The second-order valence-corrected chi connectivity index (χ2v) is 10.5. The Labute approximate surface area is 222 Å². The first-order valence-electron chi connectivity index (χ1n) is 14.2. The summed E-state index contributed by atoms with van der Waals surface area (Å²) in [6.07, 6.45) is 12.5. The van der Waals surface area contributed by atoms with E-state index in [9.17, 15) is 9.59 Å². The van der Waals surface area contributed by atoms with Gasteiger partial charge in [-0.05, 0) is 98.9 Å². The number of benzene rings is 2. The van der Waals surface area contributed by atoms with E-state index in [1.807, 2.05) is 0 Å². The molecule has 1 fully saturated rings. The third-order valence-corrected chi connectivity index (χ3v) is 7.55. The number of ether oxygens (including phenoxy) is 3. The molecule has 2 aromatic rings. The minimum atomic E-state index is -0.441. The summed E-state index contributed by atoms with van der Waals surface area (Å²) in [6.45, 7) is 7.36. The lowest BCUT2D eigenvalue weighted by atomic mass is 9.80. The van der Waals surface area contributed by atoms with E-state index in [2.05, 4.69) is 20.8 Å². The van der Waals surface area contributed by atoms with Crippen LogP contribution in [0.4, 0.5) is 0 Å². The Morgan fingerprint density at radius 2 is 1.43 bits per heavy atom. The summed E-state index contributed by atoms with van der Waals surface area (Å²) in [5, 5.41) is 0. The van der Waals surface area contributed by atoms with Gasteiger partial charge in [0.2, 0.25) is 0 Å². The second kappa shape index (κ2) is 15.4. The van der Waals surface area contributed by atoms with E-state index in [4.69, 9.17) is 14.2 Å². The largest absolute Gasteiger partial charge is 0.494 e. The first-order valence-corrected chi connectivity index (χ1v) is 14.2. The molecule has 37 heavy (non-hydrogen) atoms. The van der Waals surface area contributed by atoms with Gasteiger partial charge < -0.3 is 14.2 Å². The van der Waals surface area contributed by atoms with Crippen LogP contribution in [0, 0.1) is 17.8 Å². The Hall–Kier alpha value is -2.82. The Bertz CT molecular complexity index is 942. The molecule has 1 saturated carbocycles. The molecule has 202 valence electrons. The van der Waals surface area contributed by atoms with Gasteiger partial charge in [0.25, 0.3) is 0 Å². The van der Waals surface area contributed by atoms with Gasteiger partial charge in [-0.1, -0.05) is 52.9 Å². The lowest BCUT2D eigenvalue weighted by Crippen LogP contribution is -2.25. The zero-order valence-electron chi connectivity index (χ0n) is 22.9. The number of rotatable bonds is 14. The van der Waals surface area contributed by atoms with Gasteiger partial charge in [0.05, 0.1) is 18.1 Å². The molecule has 1 unspecified atom stereocenters. The molecule has 0 aromatic heterocycles. The van der Waals surface area contributed by atoms with Crippen LogP contribution in [-0.2, 0) is 4.79 Å². The summed E-state index contributed by atoms with van der Waals surface area (Å²) in [5.74, 6) is 2.48. The van der Waals surface area contributed by atoms with Crippen molar-refractivity contribution in [2.45, 2.75) is 91.4 Å². The summed E-state index contributed by atoms with van der Waals surface area (Å²) in [5.41, 5.74) is 0.452. The number of unbranched alkanes of at least 4 members (excludes halogenated alkanes) is 2. The van der Waals surface area contributed by atoms with Crippen molar-refractivity contribution in [3.63, 3.8) is 0 Å². The molecule has 5 heteroatoms. The van der Waals surface area contributed by atoms with Gasteiger partial charge in [-0.25, -0.2) is 4.79 Å². The third-order valence-electron chi connectivity index (χ3n) is 7.55. The van der Waals surface area contributed by atoms with Gasteiger partial charge >= 0.3 is 11.9 Å². The zero-order valence-corrected chi connectivity index (χ0v) is 22.9. The van der Waals surface area contributed by atoms with Crippen LogP contribution >= 0.6 is 0 Å². The van der Waals surface area contributed by atoms with Crippen LogP contribution in [0.5, 0.6) is 17.2 Å². The van der Waals surface area contributed by atoms with Gasteiger partial charge in [-0.15, -0.1) is 0 Å². The van der Waals surface area contributed by atoms with Crippen molar-refractivity contribution in [2.24, 2.45) is 17.8 Å². The van der Waals surface area contributed by atoms with E-state index in [0.717, 1.165) is 50.2 Å². The van der Waals surface area contributed by atoms with E-state index < -0.39 is 5.97 Å². The smallest absolute Gasteiger partial charge is 0.343 e. The average molecular weight is 509 g/mol. The molecular weight excluding hydrogens is 464 g/mol. The maximum absolute atomic E-state index is 12.6.